The topological polar surface area (TPSA) is 22.2 Å². The highest BCUT2D eigenvalue weighted by atomic mass is 16.5. The van der Waals surface area contributed by atoms with E-state index in [1.54, 1.807) is 0 Å². The first-order chi connectivity index (χ1) is 21.7. The fourth-order valence-electron chi connectivity index (χ4n) is 9.39. The van der Waals surface area contributed by atoms with Gasteiger partial charge >= 0.3 is 14.0 Å². The monoisotopic (exact) mass is 582 g/mol. The van der Waals surface area contributed by atoms with Crippen LogP contribution in [0.2, 0.25) is 0 Å². The van der Waals surface area contributed by atoms with Gasteiger partial charge in [0.2, 0.25) is 0 Å². The molecule has 0 atom stereocenters. The van der Waals surface area contributed by atoms with E-state index in [-0.39, 0.29) is 0 Å². The minimum absolute atomic E-state index is 0.362. The average molecular weight is 582 g/mol. The van der Waals surface area contributed by atoms with Crippen LogP contribution in [0.5, 0.6) is 11.5 Å². The molecule has 0 radical (unpaired) electrons. The maximum absolute atomic E-state index is 6.86. The van der Waals surface area contributed by atoms with Crippen molar-refractivity contribution in [3.63, 3.8) is 0 Å². The molecule has 0 amide bonds. The van der Waals surface area contributed by atoms with Crippen LogP contribution in [0.15, 0.2) is 54.6 Å². The maximum atomic E-state index is 6.86. The molecule has 0 N–H and O–H groups in total. The van der Waals surface area contributed by atoms with Gasteiger partial charge in [-0.1, -0.05) is 42.5 Å². The molecular formula is C37H44B2N4O. The molecule has 0 aromatic heterocycles. The van der Waals surface area contributed by atoms with Gasteiger partial charge in [0.25, 0.3) is 0 Å². The lowest BCUT2D eigenvalue weighted by Crippen LogP contribution is -2.58. The van der Waals surface area contributed by atoms with Crippen LogP contribution in [-0.2, 0) is 0 Å². The SMILES string of the molecule is Cc1c2c3c(cccc3c3cc(B(N4CCCC4)N4CCCC4)ccc13)Oc1cc(B(N3CCCC3)N3CCCC3)ccc1-2. The first-order valence-corrected chi connectivity index (χ1v) is 17.5. The number of aryl methyl sites for hydroxylation is 1. The minimum Gasteiger partial charge on any atom is -0.456 e. The molecule has 0 saturated carbocycles. The van der Waals surface area contributed by atoms with E-state index in [1.807, 2.05) is 0 Å². The first-order valence-electron chi connectivity index (χ1n) is 17.5. The zero-order valence-corrected chi connectivity index (χ0v) is 26.4. The number of rotatable bonds is 6. The Morgan fingerprint density at radius 1 is 0.523 bits per heavy atom. The van der Waals surface area contributed by atoms with Crippen molar-refractivity contribution < 1.29 is 4.74 Å². The third-order valence-electron chi connectivity index (χ3n) is 11.4. The third-order valence-corrected chi connectivity index (χ3v) is 11.4. The molecule has 0 bridgehead atoms. The second-order valence-corrected chi connectivity index (χ2v) is 14.1. The van der Waals surface area contributed by atoms with Crippen LogP contribution in [-0.4, -0.2) is 85.6 Å². The standard InChI is InChI=1S/C37H44B2N4O/c1-27-30-15-13-28(38(40-17-2-3-18-40)41-19-4-5-20-41)25-33(30)31-11-10-12-34-37(31)36(27)32-16-14-29(26-35(32)44-34)39(42-21-6-7-22-42)43-23-8-9-24-43/h10-16,25-26H,2-9,17-24H2,1H3. The van der Waals surface area contributed by atoms with E-state index in [0.29, 0.717) is 14.0 Å². The van der Waals surface area contributed by atoms with Gasteiger partial charge in [-0.15, -0.1) is 0 Å². The number of fused-ring (bicyclic) bond motifs is 4. The lowest BCUT2D eigenvalue weighted by Gasteiger charge is -2.33. The summed E-state index contributed by atoms with van der Waals surface area (Å²) in [4.78, 5) is 10.9. The Morgan fingerprint density at radius 2 is 1.05 bits per heavy atom. The lowest BCUT2D eigenvalue weighted by atomic mass is 9.63. The minimum atomic E-state index is 0.362. The molecule has 5 aliphatic heterocycles. The molecule has 9 rings (SSSR count). The molecule has 4 aromatic carbocycles. The summed E-state index contributed by atoms with van der Waals surface area (Å²) in [5, 5.41) is 5.35. The van der Waals surface area contributed by atoms with Gasteiger partial charge < -0.3 is 24.0 Å². The van der Waals surface area contributed by atoms with Crippen LogP contribution >= 0.6 is 0 Å². The highest BCUT2D eigenvalue weighted by Crippen LogP contribution is 2.50. The van der Waals surface area contributed by atoms with Crippen molar-refractivity contribution in [2.24, 2.45) is 0 Å². The second kappa shape index (κ2) is 11.2. The predicted octanol–water partition coefficient (Wildman–Crippen LogP) is 5.85. The highest BCUT2D eigenvalue weighted by molar-refractivity contribution is 6.69. The summed E-state index contributed by atoms with van der Waals surface area (Å²) in [5.74, 6) is 2.03. The van der Waals surface area contributed by atoms with E-state index < -0.39 is 0 Å². The Kier molecular flexibility index (Phi) is 7.00. The Hall–Kier alpha value is -2.83. The van der Waals surface area contributed by atoms with Gasteiger partial charge in [0.05, 0.1) is 0 Å². The highest BCUT2D eigenvalue weighted by Gasteiger charge is 2.38. The smallest absolute Gasteiger partial charge is 0.346 e. The van der Waals surface area contributed by atoms with Crippen molar-refractivity contribution >= 4 is 46.4 Å². The van der Waals surface area contributed by atoms with Crippen LogP contribution < -0.4 is 15.7 Å². The molecule has 0 aliphatic carbocycles. The molecule has 4 aromatic rings. The van der Waals surface area contributed by atoms with Crippen LogP contribution in [0, 0.1) is 6.92 Å². The van der Waals surface area contributed by atoms with Gasteiger partial charge in [-0.2, -0.15) is 0 Å². The van der Waals surface area contributed by atoms with Crippen molar-refractivity contribution in [1.82, 2.24) is 19.2 Å². The Bertz CT molecular complexity index is 1690. The van der Waals surface area contributed by atoms with Gasteiger partial charge in [0, 0.05) is 16.5 Å². The van der Waals surface area contributed by atoms with E-state index in [2.05, 4.69) is 80.8 Å². The summed E-state index contributed by atoms with van der Waals surface area (Å²) < 4.78 is 6.86. The van der Waals surface area contributed by atoms with Crippen LogP contribution in [0.1, 0.15) is 56.9 Å². The summed E-state index contributed by atoms with van der Waals surface area (Å²) in [6.07, 6.45) is 10.5. The molecule has 5 nitrogen and oxygen atoms in total. The number of benzene rings is 4. The van der Waals surface area contributed by atoms with E-state index in [9.17, 15) is 0 Å². The van der Waals surface area contributed by atoms with Crippen molar-refractivity contribution in [3.8, 4) is 22.6 Å². The van der Waals surface area contributed by atoms with Crippen LogP contribution in [0.4, 0.5) is 0 Å². The van der Waals surface area contributed by atoms with Gasteiger partial charge in [-0.3, -0.25) is 0 Å². The first kappa shape index (κ1) is 27.5. The van der Waals surface area contributed by atoms with E-state index in [0.717, 1.165) is 11.5 Å². The Labute approximate surface area is 263 Å². The number of ether oxygens (including phenoxy) is 1. The summed E-state index contributed by atoms with van der Waals surface area (Å²) in [5.41, 5.74) is 6.82. The molecule has 224 valence electrons. The summed E-state index contributed by atoms with van der Waals surface area (Å²) in [6.45, 7) is 12.7. The Balaban J connectivity index is 1.17. The van der Waals surface area contributed by atoms with Gasteiger partial charge in [0.15, 0.2) is 0 Å². The van der Waals surface area contributed by atoms with E-state index in [1.165, 1.54) is 153 Å². The lowest BCUT2D eigenvalue weighted by molar-refractivity contribution is 0.435. The van der Waals surface area contributed by atoms with Crippen molar-refractivity contribution in [2.45, 2.75) is 58.3 Å². The van der Waals surface area contributed by atoms with Gasteiger partial charge in [0.1, 0.15) is 11.5 Å². The largest absolute Gasteiger partial charge is 0.456 e. The zero-order chi connectivity index (χ0) is 29.2. The zero-order valence-electron chi connectivity index (χ0n) is 26.4. The fourth-order valence-corrected chi connectivity index (χ4v) is 9.39. The fraction of sp³-hybridized carbons (Fsp3) is 0.459. The quantitative estimate of drug-likeness (QED) is 0.185. The number of hydrogen-bond donors (Lipinski definition) is 0. The Morgan fingerprint density at radius 3 is 1.61 bits per heavy atom. The maximum Gasteiger partial charge on any atom is 0.346 e. The molecule has 4 saturated heterocycles. The van der Waals surface area contributed by atoms with Crippen LogP contribution in [0.25, 0.3) is 32.7 Å². The van der Waals surface area contributed by atoms with Crippen LogP contribution in [0.3, 0.4) is 0 Å². The molecule has 44 heavy (non-hydrogen) atoms. The van der Waals surface area contributed by atoms with Crippen molar-refractivity contribution in [3.05, 3.63) is 60.2 Å². The molecule has 5 heterocycles. The van der Waals surface area contributed by atoms with Crippen molar-refractivity contribution in [1.29, 1.82) is 0 Å². The molecule has 0 spiro atoms. The van der Waals surface area contributed by atoms with E-state index >= 15 is 0 Å². The summed E-state index contributed by atoms with van der Waals surface area (Å²) in [6, 6.07) is 21.3. The molecule has 7 heteroatoms. The number of nitrogens with zero attached hydrogens (tertiary/aromatic N) is 4. The number of hydrogen-bond acceptors (Lipinski definition) is 5. The van der Waals surface area contributed by atoms with E-state index in [4.69, 9.17) is 4.74 Å². The van der Waals surface area contributed by atoms with Crippen molar-refractivity contribution in [2.75, 3.05) is 52.4 Å². The normalized spacial score (nSPS) is 21.0. The molecule has 0 unspecified atom stereocenters. The van der Waals surface area contributed by atoms with Gasteiger partial charge in [-0.25, -0.2) is 0 Å². The summed E-state index contributed by atoms with van der Waals surface area (Å²) in [7, 11) is 0. The predicted molar refractivity (Wildman–Crippen MR) is 186 cm³/mol. The molecular weight excluding hydrogens is 538 g/mol. The second-order valence-electron chi connectivity index (χ2n) is 14.1. The third kappa shape index (κ3) is 4.46. The molecule has 5 aliphatic rings. The average Bonchev–Trinajstić information content (AvgIpc) is 3.89. The molecule has 4 fully saturated rings. The summed E-state index contributed by atoms with van der Waals surface area (Å²) >= 11 is 0. The van der Waals surface area contributed by atoms with Gasteiger partial charge in [-0.05, 0) is 155 Å².